The fourth-order valence-electron chi connectivity index (χ4n) is 2.27. The summed E-state index contributed by atoms with van der Waals surface area (Å²) in [4.78, 5) is 24.0. The first-order chi connectivity index (χ1) is 12.2. The molecule has 1 rings (SSSR count). The molecule has 0 saturated carbocycles. The van der Waals surface area contributed by atoms with Crippen molar-refractivity contribution >= 4 is 22.1 Å². The van der Waals surface area contributed by atoms with Gasteiger partial charge in [0.05, 0.1) is 26.4 Å². The lowest BCUT2D eigenvalue weighted by molar-refractivity contribution is -0.154. The molecule has 1 heterocycles. The van der Waals surface area contributed by atoms with Gasteiger partial charge < -0.3 is 18.9 Å². The minimum absolute atomic E-state index is 0.142. The van der Waals surface area contributed by atoms with Gasteiger partial charge in [0, 0.05) is 14.2 Å². The van der Waals surface area contributed by atoms with Crippen LogP contribution in [0.5, 0.6) is 0 Å². The standard InChI is InChI=1S/C15H28N2O8S/c1-12(2)9-13-15(19)17(26(20,21)16(13)3)11-25-14(18)10-24-8-7-23-6-5-22-4/h12-13H,5-11H2,1-4H3. The monoisotopic (exact) mass is 396 g/mol. The Morgan fingerprint density at radius 2 is 1.77 bits per heavy atom. The van der Waals surface area contributed by atoms with E-state index in [1.807, 2.05) is 13.8 Å². The molecule has 1 amide bonds. The Morgan fingerprint density at radius 1 is 1.15 bits per heavy atom. The Morgan fingerprint density at radius 3 is 2.38 bits per heavy atom. The Hall–Kier alpha value is -1.27. The molecule has 11 heteroatoms. The van der Waals surface area contributed by atoms with E-state index in [1.54, 1.807) is 7.11 Å². The Labute approximate surface area is 154 Å². The highest BCUT2D eigenvalue weighted by Crippen LogP contribution is 2.26. The van der Waals surface area contributed by atoms with Crippen molar-refractivity contribution in [3.63, 3.8) is 0 Å². The fraction of sp³-hybridized carbons (Fsp3) is 0.867. The number of hydrogen-bond acceptors (Lipinski definition) is 8. The van der Waals surface area contributed by atoms with Crippen LogP contribution in [0.3, 0.4) is 0 Å². The molecule has 1 fully saturated rings. The predicted molar refractivity (Wildman–Crippen MR) is 91.2 cm³/mol. The predicted octanol–water partition coefficient (Wildman–Crippen LogP) is -0.400. The lowest BCUT2D eigenvalue weighted by Crippen LogP contribution is -2.36. The summed E-state index contributed by atoms with van der Waals surface area (Å²) in [5.41, 5.74) is 0. The van der Waals surface area contributed by atoms with E-state index >= 15 is 0 Å². The van der Waals surface area contributed by atoms with E-state index in [9.17, 15) is 18.0 Å². The van der Waals surface area contributed by atoms with Crippen molar-refractivity contribution in [1.82, 2.24) is 8.61 Å². The number of amides is 1. The first kappa shape index (κ1) is 22.8. The first-order valence-electron chi connectivity index (χ1n) is 8.31. The second-order valence-electron chi connectivity index (χ2n) is 6.16. The molecule has 26 heavy (non-hydrogen) atoms. The molecule has 1 atom stereocenters. The Kier molecular flexibility index (Phi) is 9.44. The van der Waals surface area contributed by atoms with E-state index in [1.165, 1.54) is 7.05 Å². The number of carbonyl (C=O) groups is 2. The van der Waals surface area contributed by atoms with Crippen LogP contribution in [0.25, 0.3) is 0 Å². The summed E-state index contributed by atoms with van der Waals surface area (Å²) in [6.07, 6.45) is 0.394. The SMILES string of the molecule is COCCOCCOCC(=O)OCN1C(=O)C(CC(C)C)N(C)S1(=O)=O. The second kappa shape index (κ2) is 10.8. The third kappa shape index (κ3) is 6.47. The molecule has 0 spiro atoms. The molecule has 0 aromatic carbocycles. The number of nitrogens with zero attached hydrogens (tertiary/aromatic N) is 2. The van der Waals surface area contributed by atoms with Gasteiger partial charge >= 0.3 is 16.2 Å². The van der Waals surface area contributed by atoms with E-state index in [0.29, 0.717) is 23.9 Å². The zero-order chi connectivity index (χ0) is 19.7. The first-order valence-corrected chi connectivity index (χ1v) is 9.71. The normalized spacial score (nSPS) is 20.1. The molecule has 1 aliphatic rings. The van der Waals surface area contributed by atoms with Crippen LogP contribution >= 0.6 is 0 Å². The van der Waals surface area contributed by atoms with Crippen molar-refractivity contribution in [2.24, 2.45) is 5.92 Å². The van der Waals surface area contributed by atoms with E-state index < -0.39 is 34.9 Å². The minimum atomic E-state index is -3.98. The molecule has 0 aromatic rings. The number of methoxy groups -OCH3 is 1. The molecule has 0 radical (unpaired) electrons. The smallest absolute Gasteiger partial charge is 0.333 e. The minimum Gasteiger partial charge on any atom is -0.441 e. The van der Waals surface area contributed by atoms with Gasteiger partial charge in [-0.05, 0) is 12.3 Å². The van der Waals surface area contributed by atoms with Gasteiger partial charge in [-0.2, -0.15) is 17.0 Å². The van der Waals surface area contributed by atoms with Gasteiger partial charge in [-0.3, -0.25) is 4.79 Å². The highest BCUT2D eigenvalue weighted by atomic mass is 32.2. The van der Waals surface area contributed by atoms with Crippen LogP contribution in [0.15, 0.2) is 0 Å². The average molecular weight is 396 g/mol. The van der Waals surface area contributed by atoms with E-state index in [2.05, 4.69) is 0 Å². The second-order valence-corrected chi connectivity index (χ2v) is 8.07. The summed E-state index contributed by atoms with van der Waals surface area (Å²) in [5, 5.41) is 0. The number of carbonyl (C=O) groups excluding carboxylic acids is 2. The molecule has 152 valence electrons. The van der Waals surface area contributed by atoms with Crippen LogP contribution in [0.1, 0.15) is 20.3 Å². The van der Waals surface area contributed by atoms with Gasteiger partial charge in [-0.1, -0.05) is 13.8 Å². The van der Waals surface area contributed by atoms with Crippen LogP contribution in [0.2, 0.25) is 0 Å². The summed E-state index contributed by atoms with van der Waals surface area (Å²) in [6, 6.07) is -0.779. The van der Waals surface area contributed by atoms with Gasteiger partial charge in [0.2, 0.25) is 0 Å². The van der Waals surface area contributed by atoms with Crippen molar-refractivity contribution < 1.29 is 37.0 Å². The van der Waals surface area contributed by atoms with Crippen LogP contribution in [-0.4, -0.2) is 88.9 Å². The maximum absolute atomic E-state index is 12.3. The zero-order valence-electron chi connectivity index (χ0n) is 15.7. The number of hydrogen-bond donors (Lipinski definition) is 0. The quantitative estimate of drug-likeness (QED) is 0.324. The Bertz CT molecular complexity index is 566. The summed E-state index contributed by atoms with van der Waals surface area (Å²) in [7, 11) is -1.07. The van der Waals surface area contributed by atoms with E-state index in [-0.39, 0.29) is 25.7 Å². The van der Waals surface area contributed by atoms with E-state index in [4.69, 9.17) is 18.9 Å². The van der Waals surface area contributed by atoms with Gasteiger partial charge in [0.1, 0.15) is 12.6 Å². The van der Waals surface area contributed by atoms with Crippen molar-refractivity contribution in [2.75, 3.05) is 53.9 Å². The fourth-order valence-corrected chi connectivity index (χ4v) is 3.61. The molecule has 1 unspecified atom stereocenters. The van der Waals surface area contributed by atoms with Gasteiger partial charge in [0.15, 0.2) is 6.73 Å². The molecule has 0 bridgehead atoms. The van der Waals surface area contributed by atoms with Crippen LogP contribution < -0.4 is 0 Å². The van der Waals surface area contributed by atoms with Crippen LogP contribution in [-0.2, 0) is 38.7 Å². The maximum Gasteiger partial charge on any atom is 0.333 e. The highest BCUT2D eigenvalue weighted by Gasteiger charge is 2.48. The third-order valence-corrected chi connectivity index (χ3v) is 5.50. The van der Waals surface area contributed by atoms with Gasteiger partial charge in [0.25, 0.3) is 5.91 Å². The van der Waals surface area contributed by atoms with Crippen molar-refractivity contribution in [3.8, 4) is 0 Å². The number of likely N-dealkylation sites (N-methyl/N-ethyl adjacent to an activating group) is 1. The molecule has 0 N–H and O–H groups in total. The maximum atomic E-state index is 12.3. The number of rotatable bonds is 12. The molecule has 0 aromatic heterocycles. The molecule has 1 aliphatic heterocycles. The number of ether oxygens (including phenoxy) is 4. The Balaban J connectivity index is 2.39. The van der Waals surface area contributed by atoms with Crippen molar-refractivity contribution in [2.45, 2.75) is 26.3 Å². The topological polar surface area (TPSA) is 112 Å². The van der Waals surface area contributed by atoms with Crippen LogP contribution in [0.4, 0.5) is 0 Å². The molecule has 10 nitrogen and oxygen atoms in total. The highest BCUT2D eigenvalue weighted by molar-refractivity contribution is 7.87. The summed E-state index contributed by atoms with van der Waals surface area (Å²) in [6.45, 7) is 4.13. The zero-order valence-corrected chi connectivity index (χ0v) is 16.5. The number of esters is 1. The van der Waals surface area contributed by atoms with Crippen molar-refractivity contribution in [3.05, 3.63) is 0 Å². The lowest BCUT2D eigenvalue weighted by Gasteiger charge is -2.16. The third-order valence-electron chi connectivity index (χ3n) is 3.67. The molecule has 1 saturated heterocycles. The molecular formula is C15H28N2O8S. The van der Waals surface area contributed by atoms with Gasteiger partial charge in [-0.15, -0.1) is 0 Å². The summed E-state index contributed by atoms with van der Waals surface area (Å²) < 4.78 is 46.0. The average Bonchev–Trinajstić information content (AvgIpc) is 2.72. The van der Waals surface area contributed by atoms with Gasteiger partial charge in [-0.25, -0.2) is 4.79 Å². The molecule has 0 aliphatic carbocycles. The summed E-state index contributed by atoms with van der Waals surface area (Å²) >= 11 is 0. The molecular weight excluding hydrogens is 368 g/mol. The van der Waals surface area contributed by atoms with E-state index in [0.717, 1.165) is 4.31 Å². The van der Waals surface area contributed by atoms with Crippen LogP contribution in [0, 0.1) is 5.92 Å². The van der Waals surface area contributed by atoms with Crippen molar-refractivity contribution in [1.29, 1.82) is 0 Å². The summed E-state index contributed by atoms with van der Waals surface area (Å²) in [5.74, 6) is -1.22. The lowest BCUT2D eigenvalue weighted by atomic mass is 10.0. The largest absolute Gasteiger partial charge is 0.441 e.